The first-order valence-electron chi connectivity index (χ1n) is 9.96. The minimum Gasteiger partial charge on any atom is -0.454 e. The van der Waals surface area contributed by atoms with Crippen LogP contribution < -0.4 is 5.73 Å². The molecule has 3 amide bonds. The highest BCUT2D eigenvalue weighted by Crippen LogP contribution is 2.35. The van der Waals surface area contributed by atoms with Crippen molar-refractivity contribution in [3.8, 4) is 0 Å². The van der Waals surface area contributed by atoms with Gasteiger partial charge < -0.3 is 15.4 Å². The van der Waals surface area contributed by atoms with Crippen molar-refractivity contribution in [3.05, 3.63) is 72.3 Å². The number of nitrogens with two attached hydrogens (primary N) is 1. The zero-order valence-corrected chi connectivity index (χ0v) is 16.8. The molecule has 2 aliphatic heterocycles. The van der Waals surface area contributed by atoms with Crippen LogP contribution in [0.3, 0.4) is 0 Å². The molecule has 0 spiro atoms. The second-order valence-corrected chi connectivity index (χ2v) is 7.41. The molecule has 2 aliphatic rings. The number of pyridine rings is 1. The van der Waals surface area contributed by atoms with E-state index in [1.807, 2.05) is 0 Å². The van der Waals surface area contributed by atoms with Gasteiger partial charge in [-0.25, -0.2) is 9.59 Å². The van der Waals surface area contributed by atoms with E-state index in [0.717, 1.165) is 0 Å². The van der Waals surface area contributed by atoms with Crippen molar-refractivity contribution < 1.29 is 19.1 Å². The molecule has 3 aromatic rings. The van der Waals surface area contributed by atoms with Crippen LogP contribution in [-0.4, -0.2) is 61.5 Å². The number of benzene rings is 1. The van der Waals surface area contributed by atoms with Crippen LogP contribution in [0.15, 0.2) is 61.2 Å². The summed E-state index contributed by atoms with van der Waals surface area (Å²) >= 11 is 0. The number of esters is 1. The maximum atomic E-state index is 12.9. The number of aromatic nitrogens is 3. The summed E-state index contributed by atoms with van der Waals surface area (Å²) in [7, 11) is 0. The molecule has 2 atom stereocenters. The van der Waals surface area contributed by atoms with Gasteiger partial charge in [0.15, 0.2) is 6.17 Å². The van der Waals surface area contributed by atoms with Crippen LogP contribution in [0.1, 0.15) is 22.3 Å². The Kier molecular flexibility index (Phi) is 4.74. The molecule has 0 saturated carbocycles. The fourth-order valence-electron chi connectivity index (χ4n) is 4.12. The first kappa shape index (κ1) is 19.6. The van der Waals surface area contributed by atoms with E-state index in [9.17, 15) is 14.4 Å². The summed E-state index contributed by atoms with van der Waals surface area (Å²) < 4.78 is 5.76. The highest BCUT2D eigenvalue weighted by Gasteiger charge is 2.48. The Labute approximate surface area is 182 Å². The van der Waals surface area contributed by atoms with Crippen LogP contribution in [0.2, 0.25) is 0 Å². The topological polar surface area (TPSA) is 132 Å². The summed E-state index contributed by atoms with van der Waals surface area (Å²) in [6.45, 7) is 0.328. The highest BCUT2D eigenvalue weighted by molar-refractivity contribution is 6.01. The molecule has 2 unspecified atom stereocenters. The van der Waals surface area contributed by atoms with Gasteiger partial charge in [0, 0.05) is 49.4 Å². The standard InChI is InChI=1S/C22H18N6O4/c23-22(31)28-17(13-3-6-24-7-4-13)12-19(29)27-10-5-18(20(27)28)32-21(30)14-1-2-15-16(11-14)26-9-8-25-15/h1-4,6-9,11-12,18,20H,5,10H2,(H2,23,31). The monoisotopic (exact) mass is 430 g/mol. The second-order valence-electron chi connectivity index (χ2n) is 7.41. The summed E-state index contributed by atoms with van der Waals surface area (Å²) in [5, 5.41) is 0. The zero-order valence-electron chi connectivity index (χ0n) is 16.8. The third kappa shape index (κ3) is 3.31. The normalized spacial score (nSPS) is 20.1. The van der Waals surface area contributed by atoms with E-state index in [1.54, 1.807) is 48.9 Å². The van der Waals surface area contributed by atoms with E-state index in [2.05, 4.69) is 15.0 Å². The molecular weight excluding hydrogens is 412 g/mol. The van der Waals surface area contributed by atoms with E-state index in [-0.39, 0.29) is 5.91 Å². The molecule has 1 saturated heterocycles. The van der Waals surface area contributed by atoms with E-state index >= 15 is 0 Å². The summed E-state index contributed by atoms with van der Waals surface area (Å²) in [5.74, 6) is -0.861. The lowest BCUT2D eigenvalue weighted by Crippen LogP contribution is -2.57. The van der Waals surface area contributed by atoms with Gasteiger partial charge in [-0.2, -0.15) is 0 Å². The first-order chi connectivity index (χ1) is 15.5. The molecule has 4 heterocycles. The Balaban J connectivity index is 1.45. The number of carbonyl (C=O) groups excluding carboxylic acids is 3. The molecule has 1 aromatic carbocycles. The molecule has 160 valence electrons. The van der Waals surface area contributed by atoms with Crippen molar-refractivity contribution in [2.45, 2.75) is 18.7 Å². The van der Waals surface area contributed by atoms with Gasteiger partial charge >= 0.3 is 12.0 Å². The van der Waals surface area contributed by atoms with Gasteiger partial charge in [-0.15, -0.1) is 0 Å². The number of ether oxygens (including phenoxy) is 1. The molecule has 5 rings (SSSR count). The number of rotatable bonds is 3. The van der Waals surface area contributed by atoms with Crippen molar-refractivity contribution in [3.63, 3.8) is 0 Å². The van der Waals surface area contributed by atoms with Crippen LogP contribution in [0.25, 0.3) is 16.7 Å². The number of hydrogen-bond donors (Lipinski definition) is 1. The van der Waals surface area contributed by atoms with Crippen LogP contribution in [0.5, 0.6) is 0 Å². The summed E-state index contributed by atoms with van der Waals surface area (Å²) in [6, 6.07) is 7.49. The molecule has 10 nitrogen and oxygen atoms in total. The number of nitrogens with zero attached hydrogens (tertiary/aromatic N) is 5. The maximum absolute atomic E-state index is 12.9. The maximum Gasteiger partial charge on any atom is 0.338 e. The number of hydrogen-bond acceptors (Lipinski definition) is 7. The lowest BCUT2D eigenvalue weighted by molar-refractivity contribution is -0.131. The zero-order chi connectivity index (χ0) is 22.2. The Hall–Kier alpha value is -4.34. The van der Waals surface area contributed by atoms with Crippen LogP contribution >= 0.6 is 0 Å². The summed E-state index contributed by atoms with van der Waals surface area (Å²) in [4.78, 5) is 53.2. The predicted molar refractivity (Wildman–Crippen MR) is 112 cm³/mol. The van der Waals surface area contributed by atoms with E-state index in [0.29, 0.717) is 40.8 Å². The predicted octanol–water partition coefficient (Wildman–Crippen LogP) is 1.54. The molecule has 2 N–H and O–H groups in total. The van der Waals surface area contributed by atoms with E-state index in [4.69, 9.17) is 10.5 Å². The third-order valence-electron chi connectivity index (χ3n) is 5.55. The lowest BCUT2D eigenvalue weighted by atomic mass is 10.1. The van der Waals surface area contributed by atoms with E-state index < -0.39 is 24.3 Å². The average Bonchev–Trinajstić information content (AvgIpc) is 3.23. The molecule has 0 bridgehead atoms. The Morgan fingerprint density at radius 1 is 1.03 bits per heavy atom. The number of urea groups is 1. The van der Waals surface area contributed by atoms with Crippen molar-refractivity contribution >= 4 is 34.6 Å². The fraction of sp³-hybridized carbons (Fsp3) is 0.182. The Morgan fingerprint density at radius 3 is 2.53 bits per heavy atom. The SMILES string of the molecule is NC(=O)N1C(c2ccncc2)=CC(=O)N2CCC(OC(=O)c3ccc4nccnc4c3)C21. The van der Waals surface area contributed by atoms with Crippen molar-refractivity contribution in [2.75, 3.05) is 6.54 Å². The summed E-state index contributed by atoms with van der Waals surface area (Å²) in [6.07, 6.45) is 6.37. The Morgan fingerprint density at radius 2 is 1.78 bits per heavy atom. The average molecular weight is 430 g/mol. The van der Waals surface area contributed by atoms with E-state index in [1.165, 1.54) is 22.1 Å². The van der Waals surface area contributed by atoms with Crippen molar-refractivity contribution in [2.24, 2.45) is 5.73 Å². The van der Waals surface area contributed by atoms with Crippen molar-refractivity contribution in [1.29, 1.82) is 0 Å². The minimum atomic E-state index is -0.836. The van der Waals surface area contributed by atoms with Crippen LogP contribution in [0, 0.1) is 0 Å². The van der Waals surface area contributed by atoms with Gasteiger partial charge in [0.1, 0.15) is 6.10 Å². The molecule has 0 radical (unpaired) electrons. The lowest BCUT2D eigenvalue weighted by Gasteiger charge is -2.40. The van der Waals surface area contributed by atoms with Gasteiger partial charge in [0.25, 0.3) is 0 Å². The number of primary amides is 1. The quantitative estimate of drug-likeness (QED) is 0.624. The van der Waals surface area contributed by atoms with Gasteiger partial charge in [-0.05, 0) is 30.3 Å². The molecule has 2 aromatic heterocycles. The second kappa shape index (κ2) is 7.73. The molecule has 32 heavy (non-hydrogen) atoms. The van der Waals surface area contributed by atoms with Crippen molar-refractivity contribution in [1.82, 2.24) is 24.8 Å². The minimum absolute atomic E-state index is 0.279. The third-order valence-corrected chi connectivity index (χ3v) is 5.55. The highest BCUT2D eigenvalue weighted by atomic mass is 16.5. The largest absolute Gasteiger partial charge is 0.454 e. The molecular formula is C22H18N6O4. The van der Waals surface area contributed by atoms with Gasteiger partial charge in [-0.3, -0.25) is 24.6 Å². The van der Waals surface area contributed by atoms with Crippen LogP contribution in [-0.2, 0) is 9.53 Å². The smallest absolute Gasteiger partial charge is 0.338 e. The van der Waals surface area contributed by atoms with Gasteiger partial charge in [0.05, 0.1) is 22.3 Å². The molecule has 1 fully saturated rings. The number of amides is 3. The number of carbonyl (C=O) groups is 3. The summed E-state index contributed by atoms with van der Waals surface area (Å²) in [5.41, 5.74) is 8.16. The van der Waals surface area contributed by atoms with Crippen LogP contribution in [0.4, 0.5) is 4.79 Å². The van der Waals surface area contributed by atoms with Gasteiger partial charge in [0.2, 0.25) is 5.91 Å². The molecule has 0 aliphatic carbocycles. The Bertz CT molecular complexity index is 1260. The molecule has 10 heteroatoms. The van der Waals surface area contributed by atoms with Gasteiger partial charge in [-0.1, -0.05) is 0 Å². The number of fused-ring (bicyclic) bond motifs is 2. The first-order valence-corrected chi connectivity index (χ1v) is 9.96. The fourth-order valence-corrected chi connectivity index (χ4v) is 4.12.